The summed E-state index contributed by atoms with van der Waals surface area (Å²) in [4.78, 5) is 32.5. The normalized spacial score (nSPS) is 13.3. The SMILES string of the molecule is CCC(=O)NS(=O)(=O)c1cccc(Nc2ncc(C)c(Nc3cccc(CNC(=O)CCS(=O)(=O)C4CC4)c3)n2)c1. The molecule has 0 aliphatic heterocycles. The first-order valence-electron chi connectivity index (χ1n) is 13.1. The fraction of sp³-hybridized carbons (Fsp3) is 0.333. The Balaban J connectivity index is 1.39. The van der Waals surface area contributed by atoms with Crippen LogP contribution in [0.5, 0.6) is 0 Å². The van der Waals surface area contributed by atoms with E-state index in [0.29, 0.717) is 30.0 Å². The minimum absolute atomic E-state index is 0.0362. The van der Waals surface area contributed by atoms with Crippen molar-refractivity contribution in [1.82, 2.24) is 20.0 Å². The van der Waals surface area contributed by atoms with Crippen LogP contribution in [0.2, 0.25) is 0 Å². The van der Waals surface area contributed by atoms with E-state index < -0.39 is 25.8 Å². The van der Waals surface area contributed by atoms with E-state index in [1.165, 1.54) is 18.2 Å². The van der Waals surface area contributed by atoms with Crippen LogP contribution < -0.4 is 20.7 Å². The largest absolute Gasteiger partial charge is 0.352 e. The molecule has 0 unspecified atom stereocenters. The van der Waals surface area contributed by atoms with E-state index in [0.717, 1.165) is 11.1 Å². The Kier molecular flexibility index (Phi) is 9.23. The van der Waals surface area contributed by atoms with Gasteiger partial charge >= 0.3 is 0 Å². The van der Waals surface area contributed by atoms with E-state index in [9.17, 15) is 26.4 Å². The van der Waals surface area contributed by atoms with E-state index in [2.05, 4.69) is 25.9 Å². The minimum atomic E-state index is -4.01. The highest BCUT2D eigenvalue weighted by molar-refractivity contribution is 7.92. The molecule has 0 atom stereocenters. The van der Waals surface area contributed by atoms with Crippen molar-refractivity contribution in [2.45, 2.75) is 56.2 Å². The molecule has 1 saturated carbocycles. The van der Waals surface area contributed by atoms with E-state index in [-0.39, 0.29) is 47.1 Å². The molecular weight excluding hydrogens is 568 g/mol. The maximum absolute atomic E-state index is 12.5. The van der Waals surface area contributed by atoms with Gasteiger partial charge in [0.2, 0.25) is 17.8 Å². The number of nitrogens with zero attached hydrogens (tertiary/aromatic N) is 2. The number of carbonyl (C=O) groups is 2. The summed E-state index contributed by atoms with van der Waals surface area (Å²) >= 11 is 0. The van der Waals surface area contributed by atoms with Crippen LogP contribution >= 0.6 is 0 Å². The predicted octanol–water partition coefficient (Wildman–Crippen LogP) is 3.07. The van der Waals surface area contributed by atoms with Gasteiger partial charge in [0.1, 0.15) is 5.82 Å². The standard InChI is InChI=1S/C27H32N6O6S2/c1-3-24(34)33-41(38,39)23-9-5-8-21(15-23)31-27-29-16-18(2)26(32-27)30-20-7-4-6-19(14-20)17-28-25(35)12-13-40(36,37)22-10-11-22/h4-9,14-16,22H,3,10-13,17H2,1-2H3,(H,28,35)(H,33,34)(H2,29,30,31,32). The zero-order valence-corrected chi connectivity index (χ0v) is 24.3. The Labute approximate surface area is 239 Å². The summed E-state index contributed by atoms with van der Waals surface area (Å²) < 4.78 is 51.0. The number of sulfone groups is 1. The van der Waals surface area contributed by atoms with Crippen LogP contribution in [-0.4, -0.2) is 49.6 Å². The van der Waals surface area contributed by atoms with Crippen LogP contribution in [0.1, 0.15) is 43.7 Å². The Bertz CT molecular complexity index is 1660. The van der Waals surface area contributed by atoms with Crippen molar-refractivity contribution < 1.29 is 26.4 Å². The van der Waals surface area contributed by atoms with Crippen molar-refractivity contribution in [3.63, 3.8) is 0 Å². The number of amides is 2. The van der Waals surface area contributed by atoms with Gasteiger partial charge in [-0.1, -0.05) is 25.1 Å². The quantitative estimate of drug-likeness (QED) is 0.228. The summed E-state index contributed by atoms with van der Waals surface area (Å²) in [6, 6.07) is 13.3. The number of rotatable bonds is 13. The molecule has 41 heavy (non-hydrogen) atoms. The highest BCUT2D eigenvalue weighted by atomic mass is 32.2. The van der Waals surface area contributed by atoms with Gasteiger partial charge in [-0.25, -0.2) is 26.5 Å². The maximum Gasteiger partial charge on any atom is 0.264 e. The first-order chi connectivity index (χ1) is 19.4. The monoisotopic (exact) mass is 600 g/mol. The molecule has 1 aromatic heterocycles. The number of aryl methyl sites for hydroxylation is 1. The predicted molar refractivity (Wildman–Crippen MR) is 155 cm³/mol. The van der Waals surface area contributed by atoms with Crippen molar-refractivity contribution in [3.05, 3.63) is 65.9 Å². The molecular formula is C27H32N6O6S2. The Morgan fingerprint density at radius 2 is 1.66 bits per heavy atom. The number of anilines is 4. The molecule has 2 amide bonds. The van der Waals surface area contributed by atoms with E-state index in [1.54, 1.807) is 19.2 Å². The average molecular weight is 601 g/mol. The Hall–Kier alpha value is -4.04. The molecule has 1 aliphatic carbocycles. The van der Waals surface area contributed by atoms with Gasteiger partial charge in [0, 0.05) is 42.5 Å². The summed E-state index contributed by atoms with van der Waals surface area (Å²) in [6.45, 7) is 3.63. The molecule has 2 aromatic carbocycles. The lowest BCUT2D eigenvalue weighted by atomic mass is 10.2. The molecule has 0 spiro atoms. The maximum atomic E-state index is 12.5. The highest BCUT2D eigenvalue weighted by Crippen LogP contribution is 2.29. The van der Waals surface area contributed by atoms with Crippen LogP contribution in [0.25, 0.3) is 0 Å². The van der Waals surface area contributed by atoms with E-state index >= 15 is 0 Å². The smallest absolute Gasteiger partial charge is 0.264 e. The van der Waals surface area contributed by atoms with Crippen molar-refractivity contribution in [3.8, 4) is 0 Å². The second-order valence-corrected chi connectivity index (χ2v) is 13.8. The molecule has 1 fully saturated rings. The number of aromatic nitrogens is 2. The van der Waals surface area contributed by atoms with Gasteiger partial charge < -0.3 is 16.0 Å². The highest BCUT2D eigenvalue weighted by Gasteiger charge is 2.35. The topological polar surface area (TPSA) is 176 Å². The van der Waals surface area contributed by atoms with Gasteiger partial charge in [0.15, 0.2) is 9.84 Å². The third-order valence-electron chi connectivity index (χ3n) is 6.27. The lowest BCUT2D eigenvalue weighted by molar-refractivity contribution is -0.121. The van der Waals surface area contributed by atoms with Crippen LogP contribution in [0.4, 0.5) is 23.1 Å². The van der Waals surface area contributed by atoms with E-state index in [4.69, 9.17) is 0 Å². The molecule has 0 bridgehead atoms. The lowest BCUT2D eigenvalue weighted by Gasteiger charge is -2.13. The molecule has 0 radical (unpaired) electrons. The fourth-order valence-corrected chi connectivity index (χ4v) is 6.55. The summed E-state index contributed by atoms with van der Waals surface area (Å²) in [5, 5.41) is 8.70. The van der Waals surface area contributed by atoms with Gasteiger partial charge in [-0.3, -0.25) is 9.59 Å². The summed E-state index contributed by atoms with van der Waals surface area (Å²) in [6.07, 6.45) is 2.96. The van der Waals surface area contributed by atoms with E-state index in [1.807, 2.05) is 35.9 Å². The van der Waals surface area contributed by atoms with Crippen LogP contribution in [0, 0.1) is 6.92 Å². The number of sulfonamides is 1. The molecule has 14 heteroatoms. The lowest BCUT2D eigenvalue weighted by Crippen LogP contribution is -2.29. The number of benzene rings is 2. The summed E-state index contributed by atoms with van der Waals surface area (Å²) in [5.74, 6) is -0.335. The van der Waals surface area contributed by atoms with Gasteiger partial charge in [-0.05, 0) is 55.7 Å². The van der Waals surface area contributed by atoms with Gasteiger partial charge in [0.25, 0.3) is 10.0 Å². The first-order valence-corrected chi connectivity index (χ1v) is 16.3. The zero-order valence-electron chi connectivity index (χ0n) is 22.7. The second-order valence-electron chi connectivity index (χ2n) is 9.68. The summed E-state index contributed by atoms with van der Waals surface area (Å²) in [5.41, 5.74) is 2.69. The number of hydrogen-bond acceptors (Lipinski definition) is 10. The zero-order chi connectivity index (χ0) is 29.6. The summed E-state index contributed by atoms with van der Waals surface area (Å²) in [7, 11) is -7.19. The Morgan fingerprint density at radius 1 is 0.951 bits per heavy atom. The molecule has 1 heterocycles. The molecule has 0 saturated heterocycles. The first kappa shape index (κ1) is 29.9. The molecule has 4 rings (SSSR count). The van der Waals surface area contributed by atoms with Crippen LogP contribution in [0.3, 0.4) is 0 Å². The molecule has 12 nitrogen and oxygen atoms in total. The van der Waals surface area contributed by atoms with Gasteiger partial charge in [-0.15, -0.1) is 0 Å². The molecule has 218 valence electrons. The number of nitrogens with one attached hydrogen (secondary N) is 4. The number of hydrogen-bond donors (Lipinski definition) is 4. The second kappa shape index (κ2) is 12.6. The van der Waals surface area contributed by atoms with Gasteiger partial charge in [0.05, 0.1) is 15.9 Å². The van der Waals surface area contributed by atoms with Gasteiger partial charge in [-0.2, -0.15) is 4.98 Å². The van der Waals surface area contributed by atoms with Crippen LogP contribution in [-0.2, 0) is 36.0 Å². The Morgan fingerprint density at radius 3 is 2.37 bits per heavy atom. The van der Waals surface area contributed by atoms with Crippen molar-refractivity contribution in [2.75, 3.05) is 16.4 Å². The van der Waals surface area contributed by atoms with Crippen molar-refractivity contribution in [2.24, 2.45) is 0 Å². The van der Waals surface area contributed by atoms with Crippen molar-refractivity contribution >= 4 is 54.8 Å². The molecule has 1 aliphatic rings. The third kappa shape index (κ3) is 8.47. The number of carbonyl (C=O) groups excluding carboxylic acids is 2. The third-order valence-corrected chi connectivity index (χ3v) is 9.90. The fourth-order valence-electron chi connectivity index (χ4n) is 3.79. The minimum Gasteiger partial charge on any atom is -0.352 e. The van der Waals surface area contributed by atoms with Crippen LogP contribution in [0.15, 0.2) is 59.6 Å². The molecule has 3 aromatic rings. The molecule has 4 N–H and O–H groups in total. The van der Waals surface area contributed by atoms with Crippen molar-refractivity contribution in [1.29, 1.82) is 0 Å². The average Bonchev–Trinajstić information content (AvgIpc) is 3.79.